The summed E-state index contributed by atoms with van der Waals surface area (Å²) in [6, 6.07) is 9.71. The molecule has 0 saturated carbocycles. The maximum atomic E-state index is 13.5. The predicted molar refractivity (Wildman–Crippen MR) is 151 cm³/mol. The summed E-state index contributed by atoms with van der Waals surface area (Å²) in [5.74, 6) is -3.60. The Morgan fingerprint density at radius 2 is 1.50 bits per heavy atom. The Balaban J connectivity index is 1.88. The second-order valence-electron chi connectivity index (χ2n) is 10.8. The zero-order chi connectivity index (χ0) is 31.2. The highest BCUT2D eigenvalue weighted by atomic mass is 16.5. The van der Waals surface area contributed by atoms with E-state index in [0.29, 0.717) is 16.8 Å². The minimum absolute atomic E-state index is 0.0129. The normalized spacial score (nSPS) is 13.9. The smallest absolute Gasteiger partial charge is 0.331 e. The number of fused-ring (bicyclic) bond motifs is 1. The molecule has 42 heavy (non-hydrogen) atoms. The summed E-state index contributed by atoms with van der Waals surface area (Å²) in [5, 5.41) is 5.31. The molecule has 12 nitrogen and oxygen atoms in total. The van der Waals surface area contributed by atoms with Crippen molar-refractivity contribution in [2.24, 2.45) is 5.41 Å². The van der Waals surface area contributed by atoms with Crippen LogP contribution in [0.4, 0.5) is 5.69 Å². The molecule has 1 aliphatic rings. The molecule has 0 spiro atoms. The van der Waals surface area contributed by atoms with Gasteiger partial charge >= 0.3 is 17.9 Å². The molecule has 0 radical (unpaired) electrons. The second kappa shape index (κ2) is 13.3. The molecule has 3 rings (SSSR count). The molecule has 2 atom stereocenters. The van der Waals surface area contributed by atoms with E-state index >= 15 is 0 Å². The highest BCUT2D eigenvalue weighted by molar-refractivity contribution is 6.03. The number of esters is 3. The van der Waals surface area contributed by atoms with Crippen LogP contribution < -0.4 is 10.6 Å². The minimum Gasteiger partial charge on any atom is -0.467 e. The van der Waals surface area contributed by atoms with Gasteiger partial charge in [0.1, 0.15) is 19.3 Å². The fourth-order valence-corrected chi connectivity index (χ4v) is 4.21. The fourth-order valence-electron chi connectivity index (χ4n) is 4.21. The Hall–Kier alpha value is -4.74. The van der Waals surface area contributed by atoms with Crippen molar-refractivity contribution in [3.63, 3.8) is 0 Å². The summed E-state index contributed by atoms with van der Waals surface area (Å²) < 4.78 is 14.7. The molecule has 224 valence electrons. The number of anilines is 1. The molecule has 1 aliphatic heterocycles. The third-order valence-electron chi connectivity index (χ3n) is 6.51. The molecule has 0 fully saturated rings. The van der Waals surface area contributed by atoms with E-state index in [4.69, 9.17) is 14.2 Å². The molecule has 0 aromatic heterocycles. The number of methoxy groups -OCH3 is 1. The van der Waals surface area contributed by atoms with Crippen LogP contribution in [0.15, 0.2) is 42.5 Å². The monoisotopic (exact) mass is 581 g/mol. The lowest BCUT2D eigenvalue weighted by molar-refractivity contribution is -0.153. The lowest BCUT2D eigenvalue weighted by Crippen LogP contribution is -2.55. The van der Waals surface area contributed by atoms with Crippen molar-refractivity contribution in [3.8, 4) is 11.1 Å². The molecular formula is C30H35N3O9. The molecule has 0 aliphatic carbocycles. The molecule has 0 unspecified atom stereocenters. The van der Waals surface area contributed by atoms with Gasteiger partial charge in [0.05, 0.1) is 7.11 Å². The van der Waals surface area contributed by atoms with Gasteiger partial charge < -0.3 is 29.7 Å². The topological polar surface area (TPSA) is 157 Å². The maximum Gasteiger partial charge on any atom is 0.331 e. The van der Waals surface area contributed by atoms with Crippen LogP contribution in [-0.2, 0) is 44.7 Å². The highest BCUT2D eigenvalue weighted by Crippen LogP contribution is 2.34. The van der Waals surface area contributed by atoms with Crippen LogP contribution >= 0.6 is 0 Å². The van der Waals surface area contributed by atoms with Gasteiger partial charge in [0.2, 0.25) is 11.8 Å². The Morgan fingerprint density at radius 3 is 2.07 bits per heavy atom. The minimum atomic E-state index is -1.35. The van der Waals surface area contributed by atoms with Crippen LogP contribution in [0.25, 0.3) is 11.1 Å². The summed E-state index contributed by atoms with van der Waals surface area (Å²) in [4.78, 5) is 75.6. The quantitative estimate of drug-likeness (QED) is 0.318. The lowest BCUT2D eigenvalue weighted by atomic mass is 9.95. The van der Waals surface area contributed by atoms with E-state index in [0.717, 1.165) is 25.2 Å². The Labute approximate surface area is 243 Å². The third kappa shape index (κ3) is 7.71. The van der Waals surface area contributed by atoms with E-state index < -0.39 is 60.4 Å². The number of hydrogen-bond acceptors (Lipinski definition) is 9. The van der Waals surface area contributed by atoms with Crippen molar-refractivity contribution in [1.82, 2.24) is 10.2 Å². The first-order valence-corrected chi connectivity index (χ1v) is 13.2. The average Bonchev–Trinajstić information content (AvgIpc) is 3.26. The SMILES string of the molecule is COC(=O)[C@H](COC(C)=O)NC(=O)[C@H](COC(C)=O)N1Cc2c(cccc2-c2ccc(NC(=O)C(C)(C)C)cc2)C1=O. The standard InChI is InChI=1S/C30H35N3O9/c1-17(34)41-15-24(28(38)40-6)32-26(36)25(16-42-18(2)35)33-14-23-21(8-7-9-22(23)27(33)37)19-10-12-20(13-11-19)31-29(39)30(3,4)5/h7-13,24-25H,14-16H2,1-6H3,(H,31,39)(H,32,36)/t24-,25-/m0/s1. The van der Waals surface area contributed by atoms with Crippen molar-refractivity contribution >= 4 is 41.3 Å². The average molecular weight is 582 g/mol. The fraction of sp³-hybridized carbons (Fsp3) is 0.400. The molecule has 2 aromatic carbocycles. The summed E-state index contributed by atoms with van der Waals surface area (Å²) in [7, 11) is 1.11. The molecule has 3 amide bonds. The van der Waals surface area contributed by atoms with E-state index in [9.17, 15) is 28.8 Å². The first-order valence-electron chi connectivity index (χ1n) is 13.2. The highest BCUT2D eigenvalue weighted by Gasteiger charge is 2.39. The number of hydrogen-bond donors (Lipinski definition) is 2. The third-order valence-corrected chi connectivity index (χ3v) is 6.51. The van der Waals surface area contributed by atoms with Crippen molar-refractivity contribution < 1.29 is 43.0 Å². The number of amides is 3. The van der Waals surface area contributed by atoms with Gasteiger partial charge in [-0.15, -0.1) is 0 Å². The van der Waals surface area contributed by atoms with E-state index in [-0.39, 0.29) is 12.5 Å². The van der Waals surface area contributed by atoms with E-state index in [1.165, 1.54) is 11.8 Å². The van der Waals surface area contributed by atoms with Crippen molar-refractivity contribution in [3.05, 3.63) is 53.6 Å². The van der Waals surface area contributed by atoms with Gasteiger partial charge in [0, 0.05) is 37.1 Å². The van der Waals surface area contributed by atoms with Crippen LogP contribution in [-0.4, -0.2) is 72.9 Å². The van der Waals surface area contributed by atoms with Gasteiger partial charge in [-0.3, -0.25) is 24.0 Å². The number of carbonyl (C=O) groups is 6. The summed E-state index contributed by atoms with van der Waals surface area (Å²) in [5.41, 5.74) is 2.60. The van der Waals surface area contributed by atoms with Crippen molar-refractivity contribution in [2.45, 2.75) is 53.2 Å². The number of nitrogens with zero attached hydrogens (tertiary/aromatic N) is 1. The molecule has 12 heteroatoms. The van der Waals surface area contributed by atoms with Crippen LogP contribution in [0.3, 0.4) is 0 Å². The number of rotatable bonds is 10. The Morgan fingerprint density at radius 1 is 0.905 bits per heavy atom. The van der Waals surface area contributed by atoms with Gasteiger partial charge in [-0.1, -0.05) is 45.0 Å². The van der Waals surface area contributed by atoms with Gasteiger partial charge in [-0.25, -0.2) is 4.79 Å². The first kappa shape index (κ1) is 31.8. The number of benzene rings is 2. The van der Waals surface area contributed by atoms with Crippen LogP contribution in [0.2, 0.25) is 0 Å². The summed E-state index contributed by atoms with van der Waals surface area (Å²) in [6.45, 7) is 6.81. The van der Waals surface area contributed by atoms with E-state index in [1.807, 2.05) is 39.0 Å². The number of nitrogens with one attached hydrogen (secondary N) is 2. The molecule has 2 aromatic rings. The molecule has 0 saturated heterocycles. The molecule has 2 N–H and O–H groups in total. The van der Waals surface area contributed by atoms with Gasteiger partial charge in [0.25, 0.3) is 5.91 Å². The van der Waals surface area contributed by atoms with E-state index in [1.54, 1.807) is 24.3 Å². The number of carbonyl (C=O) groups excluding carboxylic acids is 6. The maximum absolute atomic E-state index is 13.5. The van der Waals surface area contributed by atoms with Crippen LogP contribution in [0, 0.1) is 5.41 Å². The number of ether oxygens (including phenoxy) is 3. The lowest BCUT2D eigenvalue weighted by Gasteiger charge is -2.28. The molecule has 0 bridgehead atoms. The predicted octanol–water partition coefficient (Wildman–Crippen LogP) is 2.45. The second-order valence-corrected chi connectivity index (χ2v) is 10.8. The van der Waals surface area contributed by atoms with Gasteiger partial charge in [0.15, 0.2) is 6.04 Å². The van der Waals surface area contributed by atoms with E-state index in [2.05, 4.69) is 10.6 Å². The Kier molecular flexibility index (Phi) is 10.1. The Bertz CT molecular complexity index is 1380. The van der Waals surface area contributed by atoms with Crippen LogP contribution in [0.5, 0.6) is 0 Å². The van der Waals surface area contributed by atoms with Crippen molar-refractivity contribution in [2.75, 3.05) is 25.6 Å². The zero-order valence-corrected chi connectivity index (χ0v) is 24.4. The zero-order valence-electron chi connectivity index (χ0n) is 24.4. The van der Waals surface area contributed by atoms with Crippen molar-refractivity contribution in [1.29, 1.82) is 0 Å². The van der Waals surface area contributed by atoms with Gasteiger partial charge in [-0.2, -0.15) is 0 Å². The molecular weight excluding hydrogens is 546 g/mol. The largest absolute Gasteiger partial charge is 0.467 e. The molecule has 1 heterocycles. The van der Waals surface area contributed by atoms with Gasteiger partial charge in [-0.05, 0) is 34.9 Å². The first-order chi connectivity index (χ1) is 19.7. The van der Waals surface area contributed by atoms with Crippen LogP contribution in [0.1, 0.15) is 50.5 Å². The summed E-state index contributed by atoms with van der Waals surface area (Å²) >= 11 is 0. The summed E-state index contributed by atoms with van der Waals surface area (Å²) in [6.07, 6.45) is 0.